The van der Waals surface area contributed by atoms with E-state index in [-0.39, 0.29) is 17.7 Å². The highest BCUT2D eigenvalue weighted by Crippen LogP contribution is 2.38. The van der Waals surface area contributed by atoms with Gasteiger partial charge in [-0.15, -0.1) is 0 Å². The van der Waals surface area contributed by atoms with Gasteiger partial charge in [0.1, 0.15) is 5.82 Å². The second-order valence-electron chi connectivity index (χ2n) is 6.64. The van der Waals surface area contributed by atoms with Gasteiger partial charge >= 0.3 is 0 Å². The second-order valence-corrected chi connectivity index (χ2v) is 6.64. The summed E-state index contributed by atoms with van der Waals surface area (Å²) in [6.07, 6.45) is 2.55. The molecule has 0 radical (unpaired) electrons. The number of amides is 2. The lowest BCUT2D eigenvalue weighted by Crippen LogP contribution is -2.16. The maximum atomic E-state index is 12.4. The van der Waals surface area contributed by atoms with E-state index in [2.05, 4.69) is 22.5 Å². The molecule has 1 aliphatic carbocycles. The Morgan fingerprint density at radius 2 is 1.88 bits per heavy atom. The van der Waals surface area contributed by atoms with E-state index in [1.165, 1.54) is 0 Å². The molecule has 1 heterocycles. The second kappa shape index (κ2) is 6.93. The predicted octanol–water partition coefficient (Wildman–Crippen LogP) is 2.99. The summed E-state index contributed by atoms with van der Waals surface area (Å²) in [7, 11) is 3.81. The summed E-state index contributed by atoms with van der Waals surface area (Å²) in [5, 5.41) is 5.69. The molecule has 1 aromatic heterocycles. The number of carbonyl (C=O) groups is 2. The van der Waals surface area contributed by atoms with Crippen molar-refractivity contribution in [3.05, 3.63) is 48.2 Å². The van der Waals surface area contributed by atoms with E-state index >= 15 is 0 Å². The molecule has 0 saturated heterocycles. The molecule has 0 aliphatic heterocycles. The van der Waals surface area contributed by atoms with Crippen LogP contribution in [0.3, 0.4) is 0 Å². The van der Waals surface area contributed by atoms with Gasteiger partial charge < -0.3 is 15.5 Å². The van der Waals surface area contributed by atoms with E-state index in [1.54, 1.807) is 36.5 Å². The first-order valence-electron chi connectivity index (χ1n) is 8.29. The number of pyridine rings is 1. The zero-order valence-electron chi connectivity index (χ0n) is 14.6. The summed E-state index contributed by atoms with van der Waals surface area (Å²) in [5.74, 6) is 1.14. The molecule has 6 nitrogen and oxygen atoms in total. The maximum absolute atomic E-state index is 12.4. The molecule has 2 aromatic rings. The third kappa shape index (κ3) is 4.15. The quantitative estimate of drug-likeness (QED) is 0.879. The Bertz CT molecular complexity index is 786. The Morgan fingerprint density at radius 3 is 2.48 bits per heavy atom. The number of rotatable bonds is 5. The normalized spacial score (nSPS) is 18.4. The fourth-order valence-corrected chi connectivity index (χ4v) is 2.59. The highest BCUT2D eigenvalue weighted by molar-refractivity contribution is 6.05. The molecule has 1 aromatic carbocycles. The molecule has 2 N–H and O–H groups in total. The summed E-state index contributed by atoms with van der Waals surface area (Å²) >= 11 is 0. The zero-order valence-corrected chi connectivity index (χ0v) is 14.6. The molecule has 0 bridgehead atoms. The van der Waals surface area contributed by atoms with Crippen LogP contribution in [0.5, 0.6) is 0 Å². The first-order chi connectivity index (χ1) is 11.9. The highest BCUT2D eigenvalue weighted by atomic mass is 16.2. The van der Waals surface area contributed by atoms with Gasteiger partial charge in [0.25, 0.3) is 5.91 Å². The van der Waals surface area contributed by atoms with Crippen molar-refractivity contribution in [1.29, 1.82) is 0 Å². The molecule has 6 heteroatoms. The minimum Gasteiger partial charge on any atom is -0.363 e. The van der Waals surface area contributed by atoms with Crippen molar-refractivity contribution in [2.24, 2.45) is 11.8 Å². The first kappa shape index (κ1) is 17.0. The number of nitrogens with zero attached hydrogens (tertiary/aromatic N) is 2. The summed E-state index contributed by atoms with van der Waals surface area (Å²) in [6.45, 7) is 2.06. The van der Waals surface area contributed by atoms with Gasteiger partial charge in [-0.2, -0.15) is 0 Å². The van der Waals surface area contributed by atoms with Gasteiger partial charge in [-0.3, -0.25) is 9.59 Å². The topological polar surface area (TPSA) is 74.3 Å². The Morgan fingerprint density at radius 1 is 1.12 bits per heavy atom. The highest BCUT2D eigenvalue weighted by Gasteiger charge is 2.39. The number of carbonyl (C=O) groups excluding carboxylic acids is 2. The van der Waals surface area contributed by atoms with Gasteiger partial charge in [0.2, 0.25) is 5.91 Å². The van der Waals surface area contributed by atoms with Crippen LogP contribution in [0.1, 0.15) is 23.7 Å². The van der Waals surface area contributed by atoms with Gasteiger partial charge in [-0.25, -0.2) is 4.98 Å². The Labute approximate surface area is 147 Å². The van der Waals surface area contributed by atoms with Crippen molar-refractivity contribution in [1.82, 2.24) is 4.98 Å². The molecule has 2 atom stereocenters. The average molecular weight is 338 g/mol. The van der Waals surface area contributed by atoms with Crippen LogP contribution in [0.15, 0.2) is 42.6 Å². The zero-order chi connectivity index (χ0) is 18.0. The van der Waals surface area contributed by atoms with Gasteiger partial charge in [0.15, 0.2) is 0 Å². The monoisotopic (exact) mass is 338 g/mol. The Hall–Kier alpha value is -2.89. The van der Waals surface area contributed by atoms with E-state index in [9.17, 15) is 9.59 Å². The summed E-state index contributed by atoms with van der Waals surface area (Å²) in [6, 6.07) is 10.6. The maximum Gasteiger partial charge on any atom is 0.255 e. The Balaban J connectivity index is 1.65. The third-order valence-electron chi connectivity index (χ3n) is 4.30. The lowest BCUT2D eigenvalue weighted by atomic mass is 10.1. The van der Waals surface area contributed by atoms with Crippen LogP contribution in [0.4, 0.5) is 17.2 Å². The van der Waals surface area contributed by atoms with Crippen LogP contribution >= 0.6 is 0 Å². The van der Waals surface area contributed by atoms with Gasteiger partial charge in [-0.1, -0.05) is 13.0 Å². The van der Waals surface area contributed by atoms with Crippen molar-refractivity contribution >= 4 is 29.0 Å². The number of hydrogen-bond acceptors (Lipinski definition) is 4. The van der Waals surface area contributed by atoms with Gasteiger partial charge in [0, 0.05) is 31.3 Å². The molecule has 0 unspecified atom stereocenters. The minimum absolute atomic E-state index is 0.0218. The molecule has 3 rings (SSSR count). The van der Waals surface area contributed by atoms with E-state index in [4.69, 9.17) is 0 Å². The molecule has 1 aliphatic rings. The molecular formula is C19H22N4O2. The molecular weight excluding hydrogens is 316 g/mol. The number of benzene rings is 1. The van der Waals surface area contributed by atoms with Crippen LogP contribution in [0, 0.1) is 11.8 Å². The van der Waals surface area contributed by atoms with Crippen LogP contribution in [0.25, 0.3) is 0 Å². The van der Waals surface area contributed by atoms with Crippen molar-refractivity contribution in [3.63, 3.8) is 0 Å². The fourth-order valence-electron chi connectivity index (χ4n) is 2.59. The summed E-state index contributed by atoms with van der Waals surface area (Å²) in [5.41, 5.74) is 1.74. The smallest absolute Gasteiger partial charge is 0.255 e. The first-order valence-corrected chi connectivity index (χ1v) is 8.29. The Kier molecular flexibility index (Phi) is 4.70. The molecule has 130 valence electrons. The van der Waals surface area contributed by atoms with E-state index in [0.717, 1.165) is 12.2 Å². The van der Waals surface area contributed by atoms with Crippen molar-refractivity contribution in [2.45, 2.75) is 13.3 Å². The van der Waals surface area contributed by atoms with Gasteiger partial charge in [-0.05, 0) is 42.7 Å². The van der Waals surface area contributed by atoms with Crippen molar-refractivity contribution in [2.75, 3.05) is 29.6 Å². The molecule has 1 fully saturated rings. The number of hydrogen-bond donors (Lipinski definition) is 2. The van der Waals surface area contributed by atoms with E-state index in [1.807, 2.05) is 25.1 Å². The molecule has 0 spiro atoms. The molecule has 2 amide bonds. The minimum atomic E-state index is -0.240. The SMILES string of the molecule is C[C@H]1C[C@H]1C(=O)Nc1cccc(C(=O)Nc2ccc(N(C)C)nc2)c1. The lowest BCUT2D eigenvalue weighted by molar-refractivity contribution is -0.117. The predicted molar refractivity (Wildman–Crippen MR) is 98.9 cm³/mol. The average Bonchev–Trinajstić information content (AvgIpc) is 3.32. The van der Waals surface area contributed by atoms with Crippen LogP contribution in [-0.4, -0.2) is 30.9 Å². The number of nitrogens with one attached hydrogen (secondary N) is 2. The number of anilines is 3. The van der Waals surface area contributed by atoms with Crippen molar-refractivity contribution in [3.8, 4) is 0 Å². The standard InChI is InChI=1S/C19H22N4O2/c1-12-9-16(12)19(25)21-14-6-4-5-13(10-14)18(24)22-15-7-8-17(20-11-15)23(2)3/h4-8,10-12,16H,9H2,1-3H3,(H,21,25)(H,22,24)/t12-,16+/m0/s1. The van der Waals surface area contributed by atoms with Gasteiger partial charge in [0.05, 0.1) is 11.9 Å². The van der Waals surface area contributed by atoms with E-state index in [0.29, 0.717) is 22.9 Å². The van der Waals surface area contributed by atoms with Crippen LogP contribution in [0.2, 0.25) is 0 Å². The fraction of sp³-hybridized carbons (Fsp3) is 0.316. The molecule has 1 saturated carbocycles. The van der Waals surface area contributed by atoms with Crippen LogP contribution < -0.4 is 15.5 Å². The largest absolute Gasteiger partial charge is 0.363 e. The van der Waals surface area contributed by atoms with Crippen LogP contribution in [-0.2, 0) is 4.79 Å². The number of aromatic nitrogens is 1. The summed E-state index contributed by atoms with van der Waals surface area (Å²) in [4.78, 5) is 30.6. The summed E-state index contributed by atoms with van der Waals surface area (Å²) < 4.78 is 0. The van der Waals surface area contributed by atoms with E-state index < -0.39 is 0 Å². The third-order valence-corrected chi connectivity index (χ3v) is 4.30. The lowest BCUT2D eigenvalue weighted by Gasteiger charge is -2.12. The van der Waals surface area contributed by atoms with Crippen molar-refractivity contribution < 1.29 is 9.59 Å². The molecule has 25 heavy (non-hydrogen) atoms.